The zero-order chi connectivity index (χ0) is 12.6. The van der Waals surface area contributed by atoms with Crippen molar-refractivity contribution in [2.45, 2.75) is 38.1 Å². The third-order valence-electron chi connectivity index (χ3n) is 4.35. The molecule has 1 aromatic carbocycles. The molecule has 2 heterocycles. The normalized spacial score (nSPS) is 27.2. The molecule has 0 amide bonds. The van der Waals surface area contributed by atoms with E-state index in [0.717, 1.165) is 30.9 Å². The number of hydrogen-bond donors (Lipinski definition) is 1. The minimum atomic E-state index is 0.127. The van der Waals surface area contributed by atoms with Gasteiger partial charge in [0.1, 0.15) is 18.1 Å². The number of nitrogens with zero attached hydrogens (tertiary/aromatic N) is 1. The number of aromatic hydroxyl groups is 1. The monoisotopic (exact) mass is 247 g/mol. The van der Waals surface area contributed by atoms with Crippen LogP contribution in [0.25, 0.3) is 0 Å². The first kappa shape index (κ1) is 11.8. The average Bonchev–Trinajstić information content (AvgIpc) is 2.74. The lowest BCUT2D eigenvalue weighted by Crippen LogP contribution is -2.52. The molecular formula is C15H21NO2. The Bertz CT molecular complexity index is 446. The lowest BCUT2D eigenvalue weighted by molar-refractivity contribution is 0.0595. The number of fused-ring (bicyclic) bond motifs is 1. The van der Waals surface area contributed by atoms with Gasteiger partial charge in [-0.15, -0.1) is 0 Å². The Morgan fingerprint density at radius 3 is 3.17 bits per heavy atom. The van der Waals surface area contributed by atoms with Gasteiger partial charge in [0.15, 0.2) is 0 Å². The summed E-state index contributed by atoms with van der Waals surface area (Å²) in [6.45, 7) is 5.29. The van der Waals surface area contributed by atoms with Gasteiger partial charge in [0, 0.05) is 12.0 Å². The number of phenols is 1. The van der Waals surface area contributed by atoms with E-state index in [4.69, 9.17) is 4.74 Å². The molecule has 0 unspecified atom stereocenters. The van der Waals surface area contributed by atoms with Gasteiger partial charge in [0.2, 0.25) is 0 Å². The fourth-order valence-corrected chi connectivity index (χ4v) is 3.44. The molecule has 98 valence electrons. The Morgan fingerprint density at radius 2 is 2.33 bits per heavy atom. The van der Waals surface area contributed by atoms with Gasteiger partial charge >= 0.3 is 0 Å². The standard InChI is InChI=1S/C15H21NO2/c1-2-8-16-9-4-7-15(16)10-12-13(17)5-3-6-14(12)18-11-15/h3,5-6,17H,2,4,7-11H2,1H3/t15-/m0/s1. The van der Waals surface area contributed by atoms with Crippen LogP contribution in [0.4, 0.5) is 0 Å². The van der Waals surface area contributed by atoms with Crippen molar-refractivity contribution in [1.29, 1.82) is 0 Å². The second-order valence-corrected chi connectivity index (χ2v) is 5.53. The Morgan fingerprint density at radius 1 is 1.44 bits per heavy atom. The lowest BCUT2D eigenvalue weighted by Gasteiger charge is -2.42. The first-order chi connectivity index (χ1) is 8.75. The third kappa shape index (κ3) is 1.77. The van der Waals surface area contributed by atoms with Crippen LogP contribution in [-0.4, -0.2) is 35.2 Å². The van der Waals surface area contributed by atoms with Crippen LogP contribution in [-0.2, 0) is 6.42 Å². The van der Waals surface area contributed by atoms with E-state index < -0.39 is 0 Å². The second kappa shape index (κ2) is 4.47. The van der Waals surface area contributed by atoms with Gasteiger partial charge in [0.05, 0.1) is 5.54 Å². The summed E-state index contributed by atoms with van der Waals surface area (Å²) in [5.41, 5.74) is 1.12. The predicted octanol–water partition coefficient (Wildman–Crippen LogP) is 2.57. The highest BCUT2D eigenvalue weighted by Gasteiger charge is 2.44. The topological polar surface area (TPSA) is 32.7 Å². The SMILES string of the molecule is CCCN1CCC[C@]12COc1cccc(O)c1C2. The van der Waals surface area contributed by atoms with Gasteiger partial charge < -0.3 is 9.84 Å². The molecule has 0 bridgehead atoms. The highest BCUT2D eigenvalue weighted by atomic mass is 16.5. The number of ether oxygens (including phenoxy) is 1. The summed E-state index contributed by atoms with van der Waals surface area (Å²) in [5.74, 6) is 1.25. The van der Waals surface area contributed by atoms with E-state index in [-0.39, 0.29) is 5.54 Å². The zero-order valence-electron chi connectivity index (χ0n) is 11.0. The van der Waals surface area contributed by atoms with Crippen LogP contribution in [0, 0.1) is 0 Å². The summed E-state index contributed by atoms with van der Waals surface area (Å²) < 4.78 is 5.92. The summed E-state index contributed by atoms with van der Waals surface area (Å²) in [7, 11) is 0. The molecular weight excluding hydrogens is 226 g/mol. The number of likely N-dealkylation sites (tertiary alicyclic amines) is 1. The number of rotatable bonds is 2. The highest BCUT2D eigenvalue weighted by Crippen LogP contribution is 2.42. The van der Waals surface area contributed by atoms with Crippen LogP contribution < -0.4 is 4.74 Å². The van der Waals surface area contributed by atoms with Crippen molar-refractivity contribution in [1.82, 2.24) is 4.90 Å². The third-order valence-corrected chi connectivity index (χ3v) is 4.35. The van der Waals surface area contributed by atoms with Crippen molar-refractivity contribution < 1.29 is 9.84 Å². The maximum absolute atomic E-state index is 10.0. The lowest BCUT2D eigenvalue weighted by atomic mass is 9.86. The van der Waals surface area contributed by atoms with E-state index in [9.17, 15) is 5.11 Å². The van der Waals surface area contributed by atoms with Crippen LogP contribution in [0.1, 0.15) is 31.7 Å². The number of benzene rings is 1. The van der Waals surface area contributed by atoms with Crippen LogP contribution in [0.5, 0.6) is 11.5 Å². The average molecular weight is 247 g/mol. The molecule has 3 heteroatoms. The molecule has 0 aromatic heterocycles. The molecule has 0 radical (unpaired) electrons. The molecule has 1 fully saturated rings. The minimum absolute atomic E-state index is 0.127. The molecule has 0 saturated carbocycles. The molecule has 1 N–H and O–H groups in total. The molecule has 3 nitrogen and oxygen atoms in total. The van der Waals surface area contributed by atoms with E-state index in [1.165, 1.54) is 25.8 Å². The largest absolute Gasteiger partial charge is 0.508 e. The van der Waals surface area contributed by atoms with Gasteiger partial charge in [-0.3, -0.25) is 4.90 Å². The Kier molecular flexibility index (Phi) is 2.94. The van der Waals surface area contributed by atoms with Crippen LogP contribution in [0.15, 0.2) is 18.2 Å². The molecule has 2 aliphatic heterocycles. The summed E-state index contributed by atoms with van der Waals surface area (Å²) in [6, 6.07) is 5.58. The molecule has 1 aromatic rings. The first-order valence-corrected chi connectivity index (χ1v) is 6.94. The Balaban J connectivity index is 1.91. The molecule has 3 rings (SSSR count). The number of hydrogen-bond acceptors (Lipinski definition) is 3. The van der Waals surface area contributed by atoms with Crippen molar-refractivity contribution in [2.75, 3.05) is 19.7 Å². The molecule has 18 heavy (non-hydrogen) atoms. The quantitative estimate of drug-likeness (QED) is 0.872. The summed E-state index contributed by atoms with van der Waals surface area (Å²) >= 11 is 0. The second-order valence-electron chi connectivity index (χ2n) is 5.53. The van der Waals surface area contributed by atoms with Crippen molar-refractivity contribution in [2.24, 2.45) is 0 Å². The summed E-state index contributed by atoms with van der Waals surface area (Å²) in [4.78, 5) is 2.56. The van der Waals surface area contributed by atoms with Crippen molar-refractivity contribution in [3.63, 3.8) is 0 Å². The van der Waals surface area contributed by atoms with Crippen LogP contribution in [0.2, 0.25) is 0 Å². The Hall–Kier alpha value is -1.22. The van der Waals surface area contributed by atoms with E-state index >= 15 is 0 Å². The molecule has 2 aliphatic rings. The van der Waals surface area contributed by atoms with E-state index in [1.54, 1.807) is 6.07 Å². The predicted molar refractivity (Wildman–Crippen MR) is 71.1 cm³/mol. The molecule has 1 saturated heterocycles. The smallest absolute Gasteiger partial charge is 0.126 e. The highest BCUT2D eigenvalue weighted by molar-refractivity contribution is 5.46. The summed E-state index contributed by atoms with van der Waals surface area (Å²) in [6.07, 6.45) is 4.53. The van der Waals surface area contributed by atoms with Crippen LogP contribution >= 0.6 is 0 Å². The zero-order valence-corrected chi connectivity index (χ0v) is 11.0. The fraction of sp³-hybridized carbons (Fsp3) is 0.600. The maximum atomic E-state index is 10.0. The Labute approximate surface area is 108 Å². The van der Waals surface area contributed by atoms with Crippen molar-refractivity contribution in [3.05, 3.63) is 23.8 Å². The van der Waals surface area contributed by atoms with E-state index in [0.29, 0.717) is 5.75 Å². The van der Waals surface area contributed by atoms with Crippen molar-refractivity contribution >= 4 is 0 Å². The van der Waals surface area contributed by atoms with Gasteiger partial charge in [-0.1, -0.05) is 13.0 Å². The molecule has 1 spiro atoms. The molecule has 1 atom stereocenters. The van der Waals surface area contributed by atoms with Crippen molar-refractivity contribution in [3.8, 4) is 11.5 Å². The molecule has 0 aliphatic carbocycles. The maximum Gasteiger partial charge on any atom is 0.126 e. The van der Waals surface area contributed by atoms with Gasteiger partial charge in [-0.25, -0.2) is 0 Å². The summed E-state index contributed by atoms with van der Waals surface area (Å²) in [5, 5.41) is 10.0. The van der Waals surface area contributed by atoms with Gasteiger partial charge in [-0.05, 0) is 44.5 Å². The van der Waals surface area contributed by atoms with Crippen LogP contribution in [0.3, 0.4) is 0 Å². The van der Waals surface area contributed by atoms with Gasteiger partial charge in [0.25, 0.3) is 0 Å². The fourth-order valence-electron chi connectivity index (χ4n) is 3.44. The van der Waals surface area contributed by atoms with Gasteiger partial charge in [-0.2, -0.15) is 0 Å². The minimum Gasteiger partial charge on any atom is -0.508 e. The van der Waals surface area contributed by atoms with E-state index in [2.05, 4.69) is 11.8 Å². The van der Waals surface area contributed by atoms with E-state index in [1.807, 2.05) is 12.1 Å². The number of phenolic OH excluding ortho intramolecular Hbond substituents is 1. The first-order valence-electron chi connectivity index (χ1n) is 6.94.